The summed E-state index contributed by atoms with van der Waals surface area (Å²) in [5.74, 6) is 1.26. The summed E-state index contributed by atoms with van der Waals surface area (Å²) in [6.45, 7) is 2.08. The summed E-state index contributed by atoms with van der Waals surface area (Å²) in [4.78, 5) is 10.7. The largest absolute Gasteiger partial charge is 0.497 e. The van der Waals surface area contributed by atoms with Crippen molar-refractivity contribution in [1.82, 2.24) is 0 Å². The number of fused-ring (bicyclic) bond motifs is 1. The first-order valence-corrected chi connectivity index (χ1v) is 9.91. The molecule has 0 heterocycles. The number of methoxy groups -OCH3 is 1. The molecule has 0 aliphatic carbocycles. The fraction of sp³-hybridized carbons (Fsp3) is 0.0741. The fourth-order valence-electron chi connectivity index (χ4n) is 3.62. The predicted molar refractivity (Wildman–Crippen MR) is 124 cm³/mol. The number of ether oxygens (including phenoxy) is 2. The van der Waals surface area contributed by atoms with E-state index in [0.29, 0.717) is 5.75 Å². The van der Waals surface area contributed by atoms with Crippen LogP contribution in [-0.2, 0) is 4.79 Å². The number of carbonyl (C=O) groups is 1. The molecule has 0 bridgehead atoms. The molecule has 4 aromatic rings. The maximum absolute atomic E-state index is 10.7. The second-order valence-electron chi connectivity index (χ2n) is 7.19. The molecule has 4 aromatic carbocycles. The molecule has 0 unspecified atom stereocenters. The molecule has 1 N–H and O–H groups in total. The average molecular weight is 410 g/mol. The number of carboxylic acids is 1. The molecule has 0 atom stereocenters. The zero-order valence-electron chi connectivity index (χ0n) is 17.3. The third-order valence-electron chi connectivity index (χ3n) is 5.08. The minimum atomic E-state index is -0.977. The third kappa shape index (κ3) is 4.43. The molecule has 0 aromatic heterocycles. The van der Waals surface area contributed by atoms with Crippen molar-refractivity contribution in [2.24, 2.45) is 0 Å². The highest BCUT2D eigenvalue weighted by atomic mass is 16.5. The molecular formula is C27H22O4. The van der Waals surface area contributed by atoms with Gasteiger partial charge in [0.05, 0.1) is 7.11 Å². The smallest absolute Gasteiger partial charge is 0.328 e. The second kappa shape index (κ2) is 8.76. The molecule has 0 fully saturated rings. The van der Waals surface area contributed by atoms with Crippen molar-refractivity contribution in [2.75, 3.05) is 7.11 Å². The normalized spacial score (nSPS) is 11.0. The monoisotopic (exact) mass is 410 g/mol. The minimum absolute atomic E-state index is 0.673. The van der Waals surface area contributed by atoms with E-state index in [1.165, 1.54) is 0 Å². The van der Waals surface area contributed by atoms with Crippen LogP contribution in [0.25, 0.3) is 28.0 Å². The first kappa shape index (κ1) is 20.2. The van der Waals surface area contributed by atoms with Crippen LogP contribution in [0.2, 0.25) is 0 Å². The van der Waals surface area contributed by atoms with Gasteiger partial charge in [-0.2, -0.15) is 0 Å². The Bertz CT molecular complexity index is 1260. The van der Waals surface area contributed by atoms with Gasteiger partial charge in [0, 0.05) is 17.0 Å². The van der Waals surface area contributed by atoms with Crippen LogP contribution in [0.4, 0.5) is 0 Å². The van der Waals surface area contributed by atoms with Gasteiger partial charge < -0.3 is 14.6 Å². The van der Waals surface area contributed by atoms with Crippen molar-refractivity contribution < 1.29 is 19.4 Å². The number of aryl methyl sites for hydroxylation is 1. The first-order chi connectivity index (χ1) is 15.0. The molecule has 0 saturated carbocycles. The highest BCUT2D eigenvalue weighted by molar-refractivity contribution is 5.97. The lowest BCUT2D eigenvalue weighted by atomic mass is 9.94. The summed E-state index contributed by atoms with van der Waals surface area (Å²) in [5.41, 5.74) is 4.00. The summed E-state index contributed by atoms with van der Waals surface area (Å²) in [5, 5.41) is 10.8. The molecule has 4 rings (SSSR count). The van der Waals surface area contributed by atoms with Gasteiger partial charge in [-0.15, -0.1) is 0 Å². The van der Waals surface area contributed by atoms with Gasteiger partial charge in [0.15, 0.2) is 0 Å². The molecule has 0 saturated heterocycles. The SMILES string of the molecule is COc1ccc2c(Oc3ccc(C=CC(=O)O)cc3)c(-c3ccccc3)c(C)cc2c1. The zero-order chi connectivity index (χ0) is 21.8. The quantitative estimate of drug-likeness (QED) is 0.359. The molecule has 0 aliphatic rings. The predicted octanol–water partition coefficient (Wildman–Crippen LogP) is 6.71. The van der Waals surface area contributed by atoms with Crippen LogP contribution in [-0.4, -0.2) is 18.2 Å². The lowest BCUT2D eigenvalue weighted by molar-refractivity contribution is -0.131. The van der Waals surface area contributed by atoms with Crippen LogP contribution >= 0.6 is 0 Å². The second-order valence-corrected chi connectivity index (χ2v) is 7.19. The maximum Gasteiger partial charge on any atom is 0.328 e. The van der Waals surface area contributed by atoms with Gasteiger partial charge in [-0.25, -0.2) is 4.79 Å². The Balaban J connectivity index is 1.83. The minimum Gasteiger partial charge on any atom is -0.497 e. The lowest BCUT2D eigenvalue weighted by Crippen LogP contribution is -1.94. The van der Waals surface area contributed by atoms with Crippen molar-refractivity contribution in [1.29, 1.82) is 0 Å². The molecule has 154 valence electrons. The summed E-state index contributed by atoms with van der Waals surface area (Å²) < 4.78 is 11.8. The average Bonchev–Trinajstić information content (AvgIpc) is 2.78. The van der Waals surface area contributed by atoms with E-state index in [2.05, 4.69) is 25.1 Å². The molecular weight excluding hydrogens is 388 g/mol. The van der Waals surface area contributed by atoms with Gasteiger partial charge in [-0.1, -0.05) is 48.5 Å². The summed E-state index contributed by atoms with van der Waals surface area (Å²) >= 11 is 0. The van der Waals surface area contributed by atoms with Crippen LogP contribution in [0.15, 0.2) is 84.9 Å². The Hall–Kier alpha value is -4.05. The highest BCUT2D eigenvalue weighted by Crippen LogP contribution is 2.42. The molecule has 0 aliphatic heterocycles. The van der Waals surface area contributed by atoms with Gasteiger partial charge in [0.2, 0.25) is 0 Å². The van der Waals surface area contributed by atoms with Crippen LogP contribution in [0.3, 0.4) is 0 Å². The first-order valence-electron chi connectivity index (χ1n) is 9.91. The molecule has 31 heavy (non-hydrogen) atoms. The van der Waals surface area contributed by atoms with E-state index in [0.717, 1.165) is 50.6 Å². The van der Waals surface area contributed by atoms with Gasteiger partial charge in [0.25, 0.3) is 0 Å². The van der Waals surface area contributed by atoms with Gasteiger partial charge in [-0.3, -0.25) is 0 Å². The summed E-state index contributed by atoms with van der Waals surface area (Å²) in [6, 6.07) is 25.6. The number of rotatable bonds is 6. The van der Waals surface area contributed by atoms with Crippen molar-refractivity contribution in [2.45, 2.75) is 6.92 Å². The van der Waals surface area contributed by atoms with Gasteiger partial charge in [0.1, 0.15) is 17.2 Å². The van der Waals surface area contributed by atoms with Crippen molar-refractivity contribution >= 4 is 22.8 Å². The lowest BCUT2D eigenvalue weighted by Gasteiger charge is -2.18. The Kier molecular flexibility index (Phi) is 5.72. The van der Waals surface area contributed by atoms with Crippen LogP contribution in [0.5, 0.6) is 17.2 Å². The van der Waals surface area contributed by atoms with E-state index < -0.39 is 5.97 Å². The summed E-state index contributed by atoms with van der Waals surface area (Å²) in [6.07, 6.45) is 2.67. The Labute approximate surface area is 181 Å². The van der Waals surface area contributed by atoms with E-state index >= 15 is 0 Å². The van der Waals surface area contributed by atoms with Crippen molar-refractivity contribution in [3.8, 4) is 28.4 Å². The summed E-state index contributed by atoms with van der Waals surface area (Å²) in [7, 11) is 1.66. The zero-order valence-corrected chi connectivity index (χ0v) is 17.3. The van der Waals surface area contributed by atoms with Crippen molar-refractivity contribution in [3.05, 3.63) is 96.1 Å². The molecule has 0 radical (unpaired) electrons. The molecule has 0 amide bonds. The standard InChI is InChI=1S/C27H22O4/c1-18-16-21-17-23(30-2)13-14-24(21)27(26(18)20-6-4-3-5-7-20)31-22-11-8-19(9-12-22)10-15-25(28)29/h3-17H,1-2H3,(H,28,29). The topological polar surface area (TPSA) is 55.8 Å². The molecule has 4 nitrogen and oxygen atoms in total. The Morgan fingerprint density at radius 2 is 1.61 bits per heavy atom. The number of aliphatic carboxylic acids is 1. The molecule has 0 spiro atoms. The van der Waals surface area contributed by atoms with E-state index in [9.17, 15) is 4.79 Å². The number of hydrogen-bond donors (Lipinski definition) is 1. The highest BCUT2D eigenvalue weighted by Gasteiger charge is 2.16. The van der Waals surface area contributed by atoms with E-state index in [1.807, 2.05) is 60.7 Å². The molecule has 4 heteroatoms. The van der Waals surface area contributed by atoms with Crippen LogP contribution in [0.1, 0.15) is 11.1 Å². The number of hydrogen-bond acceptors (Lipinski definition) is 3. The Morgan fingerprint density at radius 3 is 2.29 bits per heavy atom. The Morgan fingerprint density at radius 1 is 0.903 bits per heavy atom. The fourth-order valence-corrected chi connectivity index (χ4v) is 3.62. The van der Waals surface area contributed by atoms with E-state index in [-0.39, 0.29) is 0 Å². The van der Waals surface area contributed by atoms with Crippen LogP contribution in [0, 0.1) is 6.92 Å². The third-order valence-corrected chi connectivity index (χ3v) is 5.08. The van der Waals surface area contributed by atoms with Gasteiger partial charge in [-0.05, 0) is 65.4 Å². The van der Waals surface area contributed by atoms with Crippen molar-refractivity contribution in [3.63, 3.8) is 0 Å². The number of carboxylic acid groups (broad SMARTS) is 1. The number of benzene rings is 4. The van der Waals surface area contributed by atoms with E-state index in [1.54, 1.807) is 13.2 Å². The maximum atomic E-state index is 10.7. The van der Waals surface area contributed by atoms with E-state index in [4.69, 9.17) is 14.6 Å². The van der Waals surface area contributed by atoms with Gasteiger partial charge >= 0.3 is 5.97 Å². The van der Waals surface area contributed by atoms with Crippen LogP contribution < -0.4 is 9.47 Å².